The minimum Gasteiger partial charge on any atom is -0.396 e. The van der Waals surface area contributed by atoms with E-state index in [9.17, 15) is 19.8 Å². The van der Waals surface area contributed by atoms with Gasteiger partial charge in [0.25, 0.3) is 5.56 Å². The largest absolute Gasteiger partial charge is 0.396 e. The zero-order valence-corrected chi connectivity index (χ0v) is 17.7. The van der Waals surface area contributed by atoms with Gasteiger partial charge in [0.05, 0.1) is 18.3 Å². The van der Waals surface area contributed by atoms with Crippen molar-refractivity contribution in [3.63, 3.8) is 0 Å². The molecule has 0 aliphatic carbocycles. The van der Waals surface area contributed by atoms with Crippen LogP contribution in [0.3, 0.4) is 0 Å². The summed E-state index contributed by atoms with van der Waals surface area (Å²) < 4.78 is 7.63. The van der Waals surface area contributed by atoms with Gasteiger partial charge in [0.15, 0.2) is 6.23 Å². The molecule has 10 heteroatoms. The maximum Gasteiger partial charge on any atom is 0.333 e. The van der Waals surface area contributed by atoms with Crippen molar-refractivity contribution >= 4 is 11.6 Å². The number of rotatable bonds is 6. The van der Waals surface area contributed by atoms with Gasteiger partial charge in [-0.2, -0.15) is 0 Å². The summed E-state index contributed by atoms with van der Waals surface area (Å²) in [7, 11) is 0. The second-order valence-electron chi connectivity index (χ2n) is 7.53. The molecule has 0 saturated carbocycles. The number of pyridine rings is 1. The van der Waals surface area contributed by atoms with Gasteiger partial charge in [-0.3, -0.25) is 18.9 Å². The van der Waals surface area contributed by atoms with Crippen LogP contribution in [0.4, 0.5) is 0 Å². The number of aliphatic hydroxyl groups is 3. The first-order valence-electron chi connectivity index (χ1n) is 10.0. The summed E-state index contributed by atoms with van der Waals surface area (Å²) in [6.07, 6.45) is -1.76. The predicted molar refractivity (Wildman–Crippen MR) is 116 cm³/mol. The lowest BCUT2D eigenvalue weighted by Gasteiger charge is -2.18. The zero-order chi connectivity index (χ0) is 22.8. The van der Waals surface area contributed by atoms with E-state index >= 15 is 0 Å². The number of ether oxygens (including phenoxy) is 1. The lowest BCUT2D eigenvalue weighted by molar-refractivity contribution is -0.0458. The molecule has 0 amide bonds. The van der Waals surface area contributed by atoms with Crippen LogP contribution in [0, 0.1) is 0 Å². The van der Waals surface area contributed by atoms with Gasteiger partial charge in [-0.25, -0.2) is 4.79 Å². The Labute approximate surface area is 187 Å². The number of aliphatic hydroxyl groups excluding tert-OH is 3. The van der Waals surface area contributed by atoms with Gasteiger partial charge in [-0.15, -0.1) is 0 Å². The molecule has 2 aromatic heterocycles. The van der Waals surface area contributed by atoms with E-state index in [-0.39, 0.29) is 19.6 Å². The van der Waals surface area contributed by atoms with Crippen LogP contribution in [0.25, 0.3) is 11.1 Å². The Hall–Kier alpha value is -2.82. The number of hydrogen-bond donors (Lipinski definition) is 3. The lowest BCUT2D eigenvalue weighted by Crippen LogP contribution is -2.43. The van der Waals surface area contributed by atoms with Gasteiger partial charge < -0.3 is 20.1 Å². The molecule has 4 atom stereocenters. The molecule has 1 fully saturated rings. The van der Waals surface area contributed by atoms with Crippen molar-refractivity contribution in [2.24, 2.45) is 0 Å². The molecule has 4 rings (SSSR count). The normalized spacial score (nSPS) is 22.9. The Bertz CT molecular complexity index is 1210. The minimum atomic E-state index is -1.39. The third kappa shape index (κ3) is 4.38. The van der Waals surface area contributed by atoms with E-state index in [0.29, 0.717) is 10.7 Å². The smallest absolute Gasteiger partial charge is 0.333 e. The van der Waals surface area contributed by atoms with Crippen molar-refractivity contribution in [3.05, 3.63) is 86.4 Å². The van der Waals surface area contributed by atoms with E-state index in [4.69, 9.17) is 21.4 Å². The van der Waals surface area contributed by atoms with Crippen molar-refractivity contribution in [3.8, 4) is 11.1 Å². The number of aromatic nitrogens is 3. The SMILES string of the molecule is O=c1ccn(C2OC(CCO)C(O)C2O)c(=O)n1Cc1cc(-c2ccc(Cl)cc2)ccn1. The van der Waals surface area contributed by atoms with Crippen LogP contribution in [-0.2, 0) is 11.3 Å². The number of halogens is 1. The van der Waals surface area contributed by atoms with Crippen LogP contribution in [0.5, 0.6) is 0 Å². The number of hydrogen-bond acceptors (Lipinski definition) is 7. The maximum absolute atomic E-state index is 13.1. The molecule has 9 nitrogen and oxygen atoms in total. The number of benzene rings is 1. The molecule has 3 N–H and O–H groups in total. The summed E-state index contributed by atoms with van der Waals surface area (Å²) in [5, 5.41) is 30.2. The molecule has 168 valence electrons. The average molecular weight is 460 g/mol. The quantitative estimate of drug-likeness (QED) is 0.497. The summed E-state index contributed by atoms with van der Waals surface area (Å²) in [5.41, 5.74) is 0.991. The Morgan fingerprint density at radius 1 is 1.03 bits per heavy atom. The van der Waals surface area contributed by atoms with Crippen LogP contribution in [0.15, 0.2) is 64.4 Å². The van der Waals surface area contributed by atoms with E-state index in [1.807, 2.05) is 18.2 Å². The van der Waals surface area contributed by atoms with Crippen molar-refractivity contribution < 1.29 is 20.1 Å². The molecule has 4 unspecified atom stereocenters. The predicted octanol–water partition coefficient (Wildman–Crippen LogP) is 0.775. The highest BCUT2D eigenvalue weighted by Gasteiger charge is 2.43. The minimum absolute atomic E-state index is 0.0919. The van der Waals surface area contributed by atoms with Crippen molar-refractivity contribution in [2.75, 3.05) is 6.61 Å². The third-order valence-corrected chi connectivity index (χ3v) is 5.69. The average Bonchev–Trinajstić information content (AvgIpc) is 3.06. The Kier molecular flexibility index (Phi) is 6.54. The zero-order valence-electron chi connectivity index (χ0n) is 16.9. The van der Waals surface area contributed by atoms with Gasteiger partial charge in [0.2, 0.25) is 0 Å². The fraction of sp³-hybridized carbons (Fsp3) is 0.318. The summed E-state index contributed by atoms with van der Waals surface area (Å²) >= 11 is 5.94. The van der Waals surface area contributed by atoms with Gasteiger partial charge >= 0.3 is 5.69 Å². The third-order valence-electron chi connectivity index (χ3n) is 5.43. The van der Waals surface area contributed by atoms with E-state index < -0.39 is 35.8 Å². The molecule has 0 bridgehead atoms. The molecule has 1 aromatic carbocycles. The van der Waals surface area contributed by atoms with Crippen molar-refractivity contribution in [1.82, 2.24) is 14.1 Å². The Morgan fingerprint density at radius 2 is 1.78 bits per heavy atom. The molecule has 1 aliphatic rings. The molecule has 0 spiro atoms. The first kappa shape index (κ1) is 22.4. The highest BCUT2D eigenvalue weighted by atomic mass is 35.5. The lowest BCUT2D eigenvalue weighted by atomic mass is 10.1. The molecular weight excluding hydrogens is 438 g/mol. The van der Waals surface area contributed by atoms with Crippen molar-refractivity contribution in [1.29, 1.82) is 0 Å². The van der Waals surface area contributed by atoms with Crippen molar-refractivity contribution in [2.45, 2.75) is 37.5 Å². The van der Waals surface area contributed by atoms with E-state index in [2.05, 4.69) is 4.98 Å². The fourth-order valence-corrected chi connectivity index (χ4v) is 3.87. The van der Waals surface area contributed by atoms with Gasteiger partial charge in [-0.05, 0) is 41.8 Å². The second-order valence-corrected chi connectivity index (χ2v) is 7.97. The fourth-order valence-electron chi connectivity index (χ4n) is 3.74. The van der Waals surface area contributed by atoms with Crippen LogP contribution in [-0.4, -0.2) is 54.4 Å². The van der Waals surface area contributed by atoms with Crippen LogP contribution >= 0.6 is 11.6 Å². The molecular formula is C22H22ClN3O6. The second kappa shape index (κ2) is 9.35. The first-order chi connectivity index (χ1) is 15.4. The number of nitrogens with zero attached hydrogens (tertiary/aromatic N) is 3. The highest BCUT2D eigenvalue weighted by molar-refractivity contribution is 6.30. The van der Waals surface area contributed by atoms with Crippen LogP contribution in [0.2, 0.25) is 5.02 Å². The monoisotopic (exact) mass is 459 g/mol. The van der Waals surface area contributed by atoms with Gasteiger partial charge in [-0.1, -0.05) is 23.7 Å². The van der Waals surface area contributed by atoms with E-state index in [1.54, 1.807) is 24.4 Å². The van der Waals surface area contributed by atoms with Gasteiger partial charge in [0, 0.05) is 30.1 Å². The molecule has 3 aromatic rings. The van der Waals surface area contributed by atoms with E-state index in [0.717, 1.165) is 20.3 Å². The molecule has 1 saturated heterocycles. The van der Waals surface area contributed by atoms with E-state index in [1.165, 1.54) is 12.3 Å². The summed E-state index contributed by atoms with van der Waals surface area (Å²) in [4.78, 5) is 29.8. The summed E-state index contributed by atoms with van der Waals surface area (Å²) in [6, 6.07) is 12.0. The summed E-state index contributed by atoms with van der Waals surface area (Å²) in [5.74, 6) is 0. The standard InChI is InChI=1S/C22H22ClN3O6/c23-15-3-1-13(2-4-15)14-5-8-24-16(11-14)12-26-18(28)6-9-25(22(26)31)21-20(30)19(29)17(32-21)7-10-27/h1-6,8-9,11,17,19-21,27,29-30H,7,10,12H2. The first-order valence-corrected chi connectivity index (χ1v) is 10.4. The molecule has 32 heavy (non-hydrogen) atoms. The van der Waals surface area contributed by atoms with Gasteiger partial charge in [0.1, 0.15) is 12.2 Å². The van der Waals surface area contributed by atoms with Crippen LogP contribution < -0.4 is 11.2 Å². The Balaban J connectivity index is 1.65. The maximum atomic E-state index is 13.1. The Morgan fingerprint density at radius 3 is 2.50 bits per heavy atom. The van der Waals surface area contributed by atoms with Crippen LogP contribution in [0.1, 0.15) is 18.3 Å². The highest BCUT2D eigenvalue weighted by Crippen LogP contribution is 2.29. The summed E-state index contributed by atoms with van der Waals surface area (Å²) in [6.45, 7) is -0.337. The topological polar surface area (TPSA) is 127 Å². The molecule has 3 heterocycles. The molecule has 0 radical (unpaired) electrons. The molecule has 1 aliphatic heterocycles.